The molecular formula is C14H12N2O5V. The fourth-order valence-corrected chi connectivity index (χ4v) is 1.37. The summed E-state index contributed by atoms with van der Waals surface area (Å²) in [5.41, 5.74) is 11.2. The molecule has 0 unspecified atom stereocenters. The number of nitrogen functional groups attached to an aromatic ring is 2. The molecule has 0 heterocycles. The molecule has 22 heavy (non-hydrogen) atoms. The van der Waals surface area contributed by atoms with Crippen molar-refractivity contribution in [3.05, 3.63) is 59.7 Å². The van der Waals surface area contributed by atoms with Crippen LogP contribution in [0.2, 0.25) is 0 Å². The first-order valence-corrected chi connectivity index (χ1v) is 6.30. The number of carbonyl (C=O) groups is 2. The van der Waals surface area contributed by atoms with Crippen molar-refractivity contribution in [2.45, 2.75) is 0 Å². The van der Waals surface area contributed by atoms with E-state index in [0.29, 0.717) is 0 Å². The molecule has 0 bridgehead atoms. The van der Waals surface area contributed by atoms with Gasteiger partial charge in [0.15, 0.2) is 0 Å². The molecule has 0 amide bonds. The summed E-state index contributed by atoms with van der Waals surface area (Å²) in [4.78, 5) is 20.5. The number of carboxylic acids is 2. The summed E-state index contributed by atoms with van der Waals surface area (Å²) >= 11 is 1.06. The van der Waals surface area contributed by atoms with Gasteiger partial charge >= 0.3 is 21.0 Å². The Hall–Kier alpha value is -2.64. The van der Waals surface area contributed by atoms with Crippen molar-refractivity contribution < 1.29 is 40.8 Å². The molecule has 0 saturated heterocycles. The molecule has 0 spiro atoms. The number of rotatable bonds is 2. The van der Waals surface area contributed by atoms with Crippen molar-refractivity contribution in [3.63, 3.8) is 0 Å². The van der Waals surface area contributed by atoms with Gasteiger partial charge in [-0.05, 0) is 12.1 Å². The quantitative estimate of drug-likeness (QED) is 0.676. The molecule has 0 aliphatic rings. The minimum absolute atomic E-state index is 0.0440. The Kier molecular flexibility index (Phi) is 8.93. The first-order chi connectivity index (χ1) is 10.4. The van der Waals surface area contributed by atoms with Gasteiger partial charge in [-0.3, -0.25) is 0 Å². The fraction of sp³-hybridized carbons (Fsp3) is 0. The second-order valence-electron chi connectivity index (χ2n) is 3.75. The SMILES string of the molecule is Nc1ccccc1C(=O)[O-].Nc1ccccc1C(=O)[O-].[O]=[V+2]. The van der Waals surface area contributed by atoms with Crippen LogP contribution < -0.4 is 21.7 Å². The molecule has 8 heteroatoms. The number of carboxylic acid groups (broad SMARTS) is 2. The van der Waals surface area contributed by atoms with Crippen LogP contribution in [0.4, 0.5) is 11.4 Å². The Morgan fingerprint density at radius 3 is 1.18 bits per heavy atom. The topological polar surface area (TPSA) is 149 Å². The van der Waals surface area contributed by atoms with E-state index in [9.17, 15) is 19.8 Å². The zero-order valence-electron chi connectivity index (χ0n) is 11.3. The van der Waals surface area contributed by atoms with Gasteiger partial charge in [-0.1, -0.05) is 36.4 Å². The number of carbonyl (C=O) groups excluding carboxylic acids is 2. The first-order valence-electron chi connectivity index (χ1n) is 5.73. The zero-order chi connectivity index (χ0) is 17.1. The van der Waals surface area contributed by atoms with Crippen LogP contribution in [0.15, 0.2) is 48.5 Å². The molecule has 0 aliphatic heterocycles. The van der Waals surface area contributed by atoms with Crippen molar-refractivity contribution in [3.8, 4) is 0 Å². The molecule has 0 atom stereocenters. The Bertz CT molecular complexity index is 593. The molecule has 0 radical (unpaired) electrons. The zero-order valence-corrected chi connectivity index (χ0v) is 12.7. The third kappa shape index (κ3) is 6.21. The van der Waals surface area contributed by atoms with Crippen molar-refractivity contribution in [1.82, 2.24) is 0 Å². The summed E-state index contributed by atoms with van der Waals surface area (Å²) < 4.78 is 8.19. The summed E-state index contributed by atoms with van der Waals surface area (Å²) in [6, 6.07) is 12.4. The van der Waals surface area contributed by atoms with E-state index in [1.54, 1.807) is 24.3 Å². The summed E-state index contributed by atoms with van der Waals surface area (Å²) in [7, 11) is 0. The predicted octanol–water partition coefficient (Wildman–Crippen LogP) is -0.857. The number of para-hydroxylation sites is 2. The van der Waals surface area contributed by atoms with Gasteiger partial charge in [-0.15, -0.1) is 0 Å². The molecule has 4 N–H and O–H groups in total. The molecule has 0 aliphatic carbocycles. The van der Waals surface area contributed by atoms with Crippen LogP contribution in [0.1, 0.15) is 20.7 Å². The van der Waals surface area contributed by atoms with Crippen LogP contribution in [-0.4, -0.2) is 11.9 Å². The average Bonchev–Trinajstić information content (AvgIpc) is 2.50. The molecule has 0 fully saturated rings. The Balaban J connectivity index is 0.000000360. The van der Waals surface area contributed by atoms with E-state index in [2.05, 4.69) is 0 Å². The molecule has 7 nitrogen and oxygen atoms in total. The average molecular weight is 339 g/mol. The number of anilines is 2. The van der Waals surface area contributed by atoms with E-state index in [-0.39, 0.29) is 22.5 Å². The van der Waals surface area contributed by atoms with E-state index in [1.807, 2.05) is 0 Å². The molecule has 0 aromatic heterocycles. The maximum absolute atomic E-state index is 10.2. The molecular weight excluding hydrogens is 327 g/mol. The fourth-order valence-electron chi connectivity index (χ4n) is 1.37. The molecule has 2 rings (SSSR count). The molecule has 113 valence electrons. The van der Waals surface area contributed by atoms with Gasteiger partial charge in [0.25, 0.3) is 0 Å². The third-order valence-corrected chi connectivity index (χ3v) is 2.36. The monoisotopic (exact) mass is 339 g/mol. The van der Waals surface area contributed by atoms with Gasteiger partial charge in [-0.2, -0.15) is 0 Å². The number of aromatic carboxylic acids is 2. The van der Waals surface area contributed by atoms with E-state index in [1.165, 1.54) is 24.3 Å². The van der Waals surface area contributed by atoms with Crippen molar-refractivity contribution in [1.29, 1.82) is 0 Å². The van der Waals surface area contributed by atoms with E-state index >= 15 is 0 Å². The van der Waals surface area contributed by atoms with Crippen LogP contribution in [0.3, 0.4) is 0 Å². The van der Waals surface area contributed by atoms with Gasteiger partial charge in [0.1, 0.15) is 0 Å². The Morgan fingerprint density at radius 2 is 1.00 bits per heavy atom. The summed E-state index contributed by atoms with van der Waals surface area (Å²) in [6.45, 7) is 0. The third-order valence-electron chi connectivity index (χ3n) is 2.36. The van der Waals surface area contributed by atoms with Crippen molar-refractivity contribution >= 4 is 23.3 Å². The molecule has 2 aromatic rings. The second-order valence-corrected chi connectivity index (χ2v) is 3.75. The minimum atomic E-state index is -1.24. The van der Waals surface area contributed by atoms with E-state index in [0.717, 1.165) is 17.4 Å². The van der Waals surface area contributed by atoms with Gasteiger partial charge in [0.2, 0.25) is 0 Å². The predicted molar refractivity (Wildman–Crippen MR) is 71.1 cm³/mol. The number of nitrogens with two attached hydrogens (primary N) is 2. The summed E-state index contributed by atoms with van der Waals surface area (Å²) in [5, 5.41) is 20.5. The van der Waals surface area contributed by atoms with Gasteiger partial charge < -0.3 is 31.3 Å². The van der Waals surface area contributed by atoms with Crippen LogP contribution in [-0.2, 0) is 21.0 Å². The number of hydrogen-bond donors (Lipinski definition) is 2. The molecule has 0 saturated carbocycles. The van der Waals surface area contributed by atoms with Gasteiger partial charge in [0.05, 0.1) is 11.9 Å². The van der Waals surface area contributed by atoms with Crippen LogP contribution >= 0.6 is 0 Å². The van der Waals surface area contributed by atoms with Crippen molar-refractivity contribution in [2.75, 3.05) is 11.5 Å². The van der Waals surface area contributed by atoms with Crippen LogP contribution in [0.5, 0.6) is 0 Å². The normalized spacial score (nSPS) is 8.64. The van der Waals surface area contributed by atoms with E-state index < -0.39 is 11.9 Å². The van der Waals surface area contributed by atoms with E-state index in [4.69, 9.17) is 15.1 Å². The first kappa shape index (κ1) is 19.4. The number of benzene rings is 2. The summed E-state index contributed by atoms with van der Waals surface area (Å²) in [5.74, 6) is -2.48. The Morgan fingerprint density at radius 1 is 0.727 bits per heavy atom. The second kappa shape index (κ2) is 10.1. The van der Waals surface area contributed by atoms with Crippen LogP contribution in [0, 0.1) is 0 Å². The standard InChI is InChI=1S/2C7H7NO2.O.V/c2*8-6-4-2-1-3-5(6)7(9)10;;/h2*1-4H,8H2,(H,9,10);;/q;;;+2/p-2. The van der Waals surface area contributed by atoms with Crippen molar-refractivity contribution in [2.24, 2.45) is 0 Å². The number of hydrogen-bond acceptors (Lipinski definition) is 7. The van der Waals surface area contributed by atoms with Gasteiger partial charge in [-0.25, -0.2) is 0 Å². The van der Waals surface area contributed by atoms with Crippen LogP contribution in [0.25, 0.3) is 0 Å². The Labute approximate surface area is 135 Å². The van der Waals surface area contributed by atoms with Gasteiger partial charge in [0, 0.05) is 22.5 Å². The summed E-state index contributed by atoms with van der Waals surface area (Å²) in [6.07, 6.45) is 0. The molecule has 2 aromatic carbocycles. The maximum atomic E-state index is 10.2.